The first-order chi connectivity index (χ1) is 19.2. The minimum atomic E-state index is -3.24. The third-order valence-electron chi connectivity index (χ3n) is 8.42. The van der Waals surface area contributed by atoms with Crippen LogP contribution in [0.3, 0.4) is 0 Å². The first kappa shape index (κ1) is 28.1. The molecule has 0 radical (unpaired) electrons. The lowest BCUT2D eigenvalue weighted by molar-refractivity contribution is -0.138. The second-order valence-corrected chi connectivity index (χ2v) is 13.1. The van der Waals surface area contributed by atoms with Crippen molar-refractivity contribution in [1.29, 1.82) is 0 Å². The molecular formula is C32H37N3O4S. The van der Waals surface area contributed by atoms with Crippen molar-refractivity contribution in [3.63, 3.8) is 0 Å². The lowest BCUT2D eigenvalue weighted by atomic mass is 9.77. The van der Waals surface area contributed by atoms with Crippen LogP contribution in [0.25, 0.3) is 0 Å². The molecule has 3 aromatic carbocycles. The van der Waals surface area contributed by atoms with E-state index >= 15 is 0 Å². The van der Waals surface area contributed by atoms with Gasteiger partial charge in [0.1, 0.15) is 0 Å². The molecule has 1 atom stereocenters. The molecule has 5 rings (SSSR count). The SMILES string of the molecule is CS(=O)(=O)c1ccc(CN2CCC3(CCN(CCC(NC(=O)c4ccccc4)c4ccccc4)CC3)C2=O)cc1. The first-order valence-electron chi connectivity index (χ1n) is 14.0. The van der Waals surface area contributed by atoms with Gasteiger partial charge in [-0.1, -0.05) is 60.7 Å². The number of nitrogens with zero attached hydrogens (tertiary/aromatic N) is 2. The third-order valence-corrected chi connectivity index (χ3v) is 9.54. The number of piperidine rings is 1. The molecule has 7 nitrogen and oxygen atoms in total. The monoisotopic (exact) mass is 559 g/mol. The number of carbonyl (C=O) groups is 2. The zero-order chi connectivity index (χ0) is 28.2. The maximum absolute atomic E-state index is 13.5. The van der Waals surface area contributed by atoms with E-state index in [1.54, 1.807) is 24.3 Å². The molecular weight excluding hydrogens is 522 g/mol. The summed E-state index contributed by atoms with van der Waals surface area (Å²) in [6.07, 6.45) is 4.52. The standard InChI is InChI=1S/C32H37N3O4S/c1-40(38,39)28-14-12-25(13-15-28)24-35-23-19-32(31(35)37)17-21-34(22-18-32)20-16-29(26-8-4-2-5-9-26)33-30(36)27-10-6-3-7-11-27/h2-15,29H,16-24H2,1H3,(H,33,36). The fourth-order valence-corrected chi connectivity index (χ4v) is 6.56. The van der Waals surface area contributed by atoms with Gasteiger partial charge < -0.3 is 15.1 Å². The highest BCUT2D eigenvalue weighted by Gasteiger charge is 2.47. The van der Waals surface area contributed by atoms with Crippen molar-refractivity contribution < 1.29 is 18.0 Å². The molecule has 0 aromatic heterocycles. The Morgan fingerprint density at radius 1 is 0.875 bits per heavy atom. The minimum absolute atomic E-state index is 0.0744. The number of hydrogen-bond acceptors (Lipinski definition) is 5. The summed E-state index contributed by atoms with van der Waals surface area (Å²) < 4.78 is 23.5. The summed E-state index contributed by atoms with van der Waals surface area (Å²) in [4.78, 5) is 31.0. The molecule has 2 saturated heterocycles. The van der Waals surface area contributed by atoms with Crippen molar-refractivity contribution in [2.75, 3.05) is 32.4 Å². The fourth-order valence-electron chi connectivity index (χ4n) is 5.92. The van der Waals surface area contributed by atoms with E-state index in [0.29, 0.717) is 17.0 Å². The van der Waals surface area contributed by atoms with Gasteiger partial charge in [0.25, 0.3) is 5.91 Å². The number of nitrogens with one attached hydrogen (secondary N) is 1. The van der Waals surface area contributed by atoms with Crippen molar-refractivity contribution in [3.8, 4) is 0 Å². The van der Waals surface area contributed by atoms with Gasteiger partial charge in [-0.25, -0.2) is 8.42 Å². The summed E-state index contributed by atoms with van der Waals surface area (Å²) in [6.45, 7) is 3.80. The van der Waals surface area contributed by atoms with E-state index in [4.69, 9.17) is 0 Å². The molecule has 1 unspecified atom stereocenters. The van der Waals surface area contributed by atoms with Crippen LogP contribution in [0.15, 0.2) is 89.8 Å². The maximum atomic E-state index is 13.5. The van der Waals surface area contributed by atoms with Crippen LogP contribution in [-0.2, 0) is 21.2 Å². The number of benzene rings is 3. The van der Waals surface area contributed by atoms with E-state index in [0.717, 1.165) is 63.0 Å². The molecule has 2 fully saturated rings. The Kier molecular flexibility index (Phi) is 8.38. The number of rotatable bonds is 9. The van der Waals surface area contributed by atoms with E-state index in [1.807, 2.05) is 53.4 Å². The minimum Gasteiger partial charge on any atom is -0.345 e. The average molecular weight is 560 g/mol. The lowest BCUT2D eigenvalue weighted by Crippen LogP contribution is -2.45. The summed E-state index contributed by atoms with van der Waals surface area (Å²) in [5.41, 5.74) is 2.38. The summed E-state index contributed by atoms with van der Waals surface area (Å²) in [6, 6.07) is 26.1. The van der Waals surface area contributed by atoms with E-state index in [9.17, 15) is 18.0 Å². The molecule has 210 valence electrons. The Bertz CT molecular complexity index is 1420. The maximum Gasteiger partial charge on any atom is 0.251 e. The van der Waals surface area contributed by atoms with Gasteiger partial charge in [0.15, 0.2) is 9.84 Å². The van der Waals surface area contributed by atoms with Gasteiger partial charge >= 0.3 is 0 Å². The lowest BCUT2D eigenvalue weighted by Gasteiger charge is -2.38. The summed E-state index contributed by atoms with van der Waals surface area (Å²) in [5.74, 6) is 0.145. The predicted molar refractivity (Wildman–Crippen MR) is 155 cm³/mol. The highest BCUT2D eigenvalue weighted by molar-refractivity contribution is 7.90. The average Bonchev–Trinajstić information content (AvgIpc) is 3.26. The van der Waals surface area contributed by atoms with Crippen molar-refractivity contribution in [2.24, 2.45) is 5.41 Å². The first-order valence-corrected chi connectivity index (χ1v) is 15.8. The molecule has 0 bridgehead atoms. The Morgan fingerprint density at radius 2 is 1.48 bits per heavy atom. The number of hydrogen-bond donors (Lipinski definition) is 1. The third kappa shape index (κ3) is 6.45. The zero-order valence-corrected chi connectivity index (χ0v) is 23.8. The number of amides is 2. The summed E-state index contributed by atoms with van der Waals surface area (Å²) >= 11 is 0. The van der Waals surface area contributed by atoms with Crippen molar-refractivity contribution >= 4 is 21.7 Å². The van der Waals surface area contributed by atoms with Crippen LogP contribution in [0.4, 0.5) is 0 Å². The van der Waals surface area contributed by atoms with Gasteiger partial charge in [-0.15, -0.1) is 0 Å². The van der Waals surface area contributed by atoms with Gasteiger partial charge in [-0.2, -0.15) is 0 Å². The number of likely N-dealkylation sites (tertiary alicyclic amines) is 2. The molecule has 0 saturated carbocycles. The van der Waals surface area contributed by atoms with Gasteiger partial charge in [0, 0.05) is 31.5 Å². The summed E-state index contributed by atoms with van der Waals surface area (Å²) in [5, 5.41) is 3.23. The van der Waals surface area contributed by atoms with Gasteiger partial charge in [0.05, 0.1) is 16.4 Å². The van der Waals surface area contributed by atoms with Crippen LogP contribution in [-0.4, -0.2) is 62.5 Å². The van der Waals surface area contributed by atoms with E-state index < -0.39 is 9.84 Å². The number of sulfone groups is 1. The van der Waals surface area contributed by atoms with E-state index in [1.165, 1.54) is 6.26 Å². The van der Waals surface area contributed by atoms with Gasteiger partial charge in [0.2, 0.25) is 5.91 Å². The molecule has 0 aliphatic carbocycles. The van der Waals surface area contributed by atoms with Crippen LogP contribution < -0.4 is 5.32 Å². The zero-order valence-electron chi connectivity index (χ0n) is 23.0. The van der Waals surface area contributed by atoms with Crippen molar-refractivity contribution in [2.45, 2.75) is 43.2 Å². The van der Waals surface area contributed by atoms with Crippen molar-refractivity contribution in [3.05, 3.63) is 102 Å². The molecule has 8 heteroatoms. The molecule has 40 heavy (non-hydrogen) atoms. The van der Waals surface area contributed by atoms with Crippen LogP contribution in [0.1, 0.15) is 53.2 Å². The second-order valence-electron chi connectivity index (χ2n) is 11.1. The fraction of sp³-hybridized carbons (Fsp3) is 0.375. The molecule has 2 heterocycles. The van der Waals surface area contributed by atoms with E-state index in [-0.39, 0.29) is 23.3 Å². The highest BCUT2D eigenvalue weighted by Crippen LogP contribution is 2.42. The Hall–Kier alpha value is -3.49. The Morgan fingerprint density at radius 3 is 2.10 bits per heavy atom. The molecule has 2 aliphatic rings. The van der Waals surface area contributed by atoms with Crippen LogP contribution in [0.5, 0.6) is 0 Å². The van der Waals surface area contributed by atoms with E-state index in [2.05, 4.69) is 22.3 Å². The molecule has 3 aromatic rings. The molecule has 1 spiro atoms. The topological polar surface area (TPSA) is 86.8 Å². The highest BCUT2D eigenvalue weighted by atomic mass is 32.2. The molecule has 2 aliphatic heterocycles. The molecule has 2 amide bonds. The molecule has 1 N–H and O–H groups in total. The summed E-state index contributed by atoms with van der Waals surface area (Å²) in [7, 11) is -3.24. The predicted octanol–water partition coefficient (Wildman–Crippen LogP) is 4.47. The largest absolute Gasteiger partial charge is 0.345 e. The van der Waals surface area contributed by atoms with Gasteiger partial charge in [-0.3, -0.25) is 9.59 Å². The number of carbonyl (C=O) groups excluding carboxylic acids is 2. The normalized spacial score (nSPS) is 18.1. The quantitative estimate of drug-likeness (QED) is 0.418. The Labute approximate surface area is 237 Å². The van der Waals surface area contributed by atoms with Crippen molar-refractivity contribution in [1.82, 2.24) is 15.1 Å². The van der Waals surface area contributed by atoms with Crippen LogP contribution in [0.2, 0.25) is 0 Å². The van der Waals surface area contributed by atoms with Crippen LogP contribution in [0, 0.1) is 5.41 Å². The second kappa shape index (κ2) is 11.9. The van der Waals surface area contributed by atoms with Gasteiger partial charge in [-0.05, 0) is 74.2 Å². The smallest absolute Gasteiger partial charge is 0.251 e. The van der Waals surface area contributed by atoms with Crippen LogP contribution >= 0.6 is 0 Å². The Balaban J connectivity index is 1.16.